The van der Waals surface area contributed by atoms with Crippen molar-refractivity contribution < 1.29 is 0 Å². The SMILES string of the molecule is C#CC(C)(C)Nc1ncnc(Cl)c1CCC. The molecule has 0 aliphatic carbocycles. The van der Waals surface area contributed by atoms with Gasteiger partial charge in [0.25, 0.3) is 0 Å². The quantitative estimate of drug-likeness (QED) is 0.646. The molecule has 1 rings (SSSR count). The highest BCUT2D eigenvalue weighted by molar-refractivity contribution is 6.30. The number of nitrogens with one attached hydrogen (secondary N) is 1. The third-order valence-electron chi connectivity index (χ3n) is 2.18. The molecule has 0 radical (unpaired) electrons. The van der Waals surface area contributed by atoms with Gasteiger partial charge in [-0.15, -0.1) is 6.42 Å². The minimum atomic E-state index is -0.444. The summed E-state index contributed by atoms with van der Waals surface area (Å²) in [6, 6.07) is 0. The second-order valence-electron chi connectivity index (χ2n) is 4.14. The Morgan fingerprint density at radius 1 is 1.50 bits per heavy atom. The van der Waals surface area contributed by atoms with Crippen LogP contribution in [0.25, 0.3) is 0 Å². The summed E-state index contributed by atoms with van der Waals surface area (Å²) in [6.07, 6.45) is 8.69. The predicted molar refractivity (Wildman–Crippen MR) is 67.6 cm³/mol. The van der Waals surface area contributed by atoms with Gasteiger partial charge in [0.05, 0.1) is 5.54 Å². The predicted octanol–water partition coefficient (Wildman–Crippen LogP) is 2.91. The maximum Gasteiger partial charge on any atom is 0.137 e. The van der Waals surface area contributed by atoms with Crippen molar-refractivity contribution in [2.24, 2.45) is 0 Å². The lowest BCUT2D eigenvalue weighted by Gasteiger charge is -2.22. The lowest BCUT2D eigenvalue weighted by molar-refractivity contribution is 0.729. The lowest BCUT2D eigenvalue weighted by atomic mass is 10.1. The van der Waals surface area contributed by atoms with Crippen molar-refractivity contribution in [1.29, 1.82) is 0 Å². The second-order valence-corrected chi connectivity index (χ2v) is 4.49. The van der Waals surface area contributed by atoms with Crippen molar-refractivity contribution in [3.63, 3.8) is 0 Å². The van der Waals surface area contributed by atoms with E-state index in [1.165, 1.54) is 6.33 Å². The molecule has 1 heterocycles. The fourth-order valence-electron chi connectivity index (χ4n) is 1.30. The molecule has 0 aliphatic rings. The Bertz CT molecular complexity index is 407. The van der Waals surface area contributed by atoms with Gasteiger partial charge >= 0.3 is 0 Å². The Morgan fingerprint density at radius 3 is 2.75 bits per heavy atom. The first kappa shape index (κ1) is 12.8. The fourth-order valence-corrected chi connectivity index (χ4v) is 1.53. The van der Waals surface area contributed by atoms with E-state index in [1.807, 2.05) is 13.8 Å². The smallest absolute Gasteiger partial charge is 0.137 e. The van der Waals surface area contributed by atoms with Crippen LogP contribution in [0, 0.1) is 12.3 Å². The molecule has 1 N–H and O–H groups in total. The molecule has 0 atom stereocenters. The van der Waals surface area contributed by atoms with Gasteiger partial charge in [-0.25, -0.2) is 9.97 Å². The first-order valence-electron chi connectivity index (χ1n) is 5.25. The lowest BCUT2D eigenvalue weighted by Crippen LogP contribution is -2.29. The average molecular weight is 238 g/mol. The fraction of sp³-hybridized carbons (Fsp3) is 0.500. The van der Waals surface area contributed by atoms with Crippen molar-refractivity contribution in [1.82, 2.24) is 9.97 Å². The molecule has 0 aliphatic heterocycles. The first-order valence-corrected chi connectivity index (χ1v) is 5.63. The van der Waals surface area contributed by atoms with Gasteiger partial charge in [-0.3, -0.25) is 0 Å². The molecular formula is C12H16ClN3. The number of aromatic nitrogens is 2. The Balaban J connectivity index is 3.05. The van der Waals surface area contributed by atoms with Crippen molar-refractivity contribution in [3.8, 4) is 12.3 Å². The second kappa shape index (κ2) is 5.18. The zero-order valence-electron chi connectivity index (χ0n) is 9.84. The van der Waals surface area contributed by atoms with E-state index in [1.54, 1.807) is 0 Å². The summed E-state index contributed by atoms with van der Waals surface area (Å²) in [4.78, 5) is 8.17. The zero-order chi connectivity index (χ0) is 12.2. The molecule has 0 fully saturated rings. The summed E-state index contributed by atoms with van der Waals surface area (Å²) in [5.74, 6) is 3.39. The molecule has 0 saturated carbocycles. The molecule has 0 amide bonds. The summed E-state index contributed by atoms with van der Waals surface area (Å²) >= 11 is 6.04. The van der Waals surface area contributed by atoms with E-state index in [0.29, 0.717) is 5.15 Å². The first-order chi connectivity index (χ1) is 7.50. The number of rotatable bonds is 4. The molecule has 16 heavy (non-hydrogen) atoms. The van der Waals surface area contributed by atoms with E-state index >= 15 is 0 Å². The summed E-state index contributed by atoms with van der Waals surface area (Å²) in [7, 11) is 0. The molecule has 0 bridgehead atoms. The van der Waals surface area contributed by atoms with Gasteiger partial charge in [0.2, 0.25) is 0 Å². The Labute approximate surface area is 102 Å². The summed E-state index contributed by atoms with van der Waals surface area (Å²) in [5.41, 5.74) is 0.482. The number of hydrogen-bond donors (Lipinski definition) is 1. The number of hydrogen-bond acceptors (Lipinski definition) is 3. The number of terminal acetylenes is 1. The molecule has 4 heteroatoms. The minimum Gasteiger partial charge on any atom is -0.354 e. The van der Waals surface area contributed by atoms with Crippen molar-refractivity contribution >= 4 is 17.4 Å². The highest BCUT2D eigenvalue weighted by Crippen LogP contribution is 2.23. The van der Waals surface area contributed by atoms with Gasteiger partial charge in [-0.05, 0) is 20.3 Å². The van der Waals surface area contributed by atoms with Crippen LogP contribution in [-0.4, -0.2) is 15.5 Å². The van der Waals surface area contributed by atoms with Crippen molar-refractivity contribution in [3.05, 3.63) is 17.0 Å². The maximum absolute atomic E-state index is 6.04. The van der Waals surface area contributed by atoms with E-state index in [2.05, 4.69) is 28.1 Å². The van der Waals surface area contributed by atoms with Gasteiger partial charge in [-0.2, -0.15) is 0 Å². The van der Waals surface area contributed by atoms with Gasteiger partial charge in [0, 0.05) is 5.56 Å². The molecule has 1 aromatic rings. The van der Waals surface area contributed by atoms with Crippen LogP contribution in [0.1, 0.15) is 32.8 Å². The zero-order valence-corrected chi connectivity index (χ0v) is 10.6. The summed E-state index contributed by atoms with van der Waals surface area (Å²) in [5, 5.41) is 3.68. The Morgan fingerprint density at radius 2 is 2.19 bits per heavy atom. The van der Waals surface area contributed by atoms with Gasteiger partial charge in [0.1, 0.15) is 17.3 Å². The third-order valence-corrected chi connectivity index (χ3v) is 2.51. The van der Waals surface area contributed by atoms with Crippen LogP contribution >= 0.6 is 11.6 Å². The van der Waals surface area contributed by atoms with E-state index in [-0.39, 0.29) is 0 Å². The number of halogens is 1. The topological polar surface area (TPSA) is 37.8 Å². The van der Waals surface area contributed by atoms with Gasteiger partial charge < -0.3 is 5.32 Å². The highest BCUT2D eigenvalue weighted by atomic mass is 35.5. The van der Waals surface area contributed by atoms with Crippen LogP contribution in [0.3, 0.4) is 0 Å². The summed E-state index contributed by atoms with van der Waals surface area (Å²) < 4.78 is 0. The van der Waals surface area contributed by atoms with Crippen LogP contribution in [0.4, 0.5) is 5.82 Å². The standard InChI is InChI=1S/C12H16ClN3/c1-5-7-9-10(13)14-8-15-11(9)16-12(3,4)6-2/h2,8H,5,7H2,1,3-4H3,(H,14,15,16). The van der Waals surface area contributed by atoms with Gasteiger partial charge in [0.15, 0.2) is 0 Å². The van der Waals surface area contributed by atoms with Gasteiger partial charge in [-0.1, -0.05) is 30.9 Å². The van der Waals surface area contributed by atoms with Crippen LogP contribution in [-0.2, 0) is 6.42 Å². The van der Waals surface area contributed by atoms with Crippen LogP contribution in [0.2, 0.25) is 5.15 Å². The molecule has 86 valence electrons. The molecule has 1 aromatic heterocycles. The molecular weight excluding hydrogens is 222 g/mol. The molecule has 0 unspecified atom stereocenters. The molecule has 3 nitrogen and oxygen atoms in total. The Hall–Kier alpha value is -1.27. The normalized spacial score (nSPS) is 10.9. The van der Waals surface area contributed by atoms with E-state index in [0.717, 1.165) is 24.2 Å². The maximum atomic E-state index is 6.04. The monoisotopic (exact) mass is 237 g/mol. The van der Waals surface area contributed by atoms with E-state index < -0.39 is 5.54 Å². The number of nitrogens with zero attached hydrogens (tertiary/aromatic N) is 2. The molecule has 0 spiro atoms. The average Bonchev–Trinajstić information content (AvgIpc) is 2.23. The van der Waals surface area contributed by atoms with Crippen molar-refractivity contribution in [2.45, 2.75) is 39.2 Å². The minimum absolute atomic E-state index is 0.444. The molecule has 0 aromatic carbocycles. The summed E-state index contributed by atoms with van der Waals surface area (Å²) in [6.45, 7) is 5.91. The molecule has 0 saturated heterocycles. The van der Waals surface area contributed by atoms with Crippen LogP contribution in [0.15, 0.2) is 6.33 Å². The Kier molecular flexibility index (Phi) is 4.14. The number of anilines is 1. The van der Waals surface area contributed by atoms with Crippen LogP contribution in [0.5, 0.6) is 0 Å². The van der Waals surface area contributed by atoms with Crippen LogP contribution < -0.4 is 5.32 Å². The van der Waals surface area contributed by atoms with E-state index in [9.17, 15) is 0 Å². The van der Waals surface area contributed by atoms with E-state index in [4.69, 9.17) is 18.0 Å². The highest BCUT2D eigenvalue weighted by Gasteiger charge is 2.17. The van der Waals surface area contributed by atoms with Crippen molar-refractivity contribution in [2.75, 3.05) is 5.32 Å². The largest absolute Gasteiger partial charge is 0.354 e. The third kappa shape index (κ3) is 3.11.